The molecule has 2 fully saturated rings. The molecule has 3 N–H and O–H groups in total. The number of fused-ring (bicyclic) bond motifs is 1. The van der Waals surface area contributed by atoms with E-state index >= 15 is 0 Å². The SMILES string of the molecule is CCC(=O)CCC(C)(C)CC(NS(=O)(=O)c1ccc(OC)cc1)[C@H](O)[C@H](Cc1ccccc1)NC(=O)O[C@H]1CO[C@H]2OCC[C@H]21. The number of nitrogens with one attached hydrogen (secondary N) is 2. The number of ether oxygens (including phenoxy) is 4. The second kappa shape index (κ2) is 15.5. The van der Waals surface area contributed by atoms with Gasteiger partial charge >= 0.3 is 6.09 Å². The van der Waals surface area contributed by atoms with Crippen molar-refractivity contribution in [3.63, 3.8) is 0 Å². The van der Waals surface area contributed by atoms with Crippen LogP contribution in [0, 0.1) is 11.3 Å². The third-order valence-corrected chi connectivity index (χ3v) is 10.1. The first kappa shape index (κ1) is 34.8. The van der Waals surface area contributed by atoms with Crippen molar-refractivity contribution in [3.05, 3.63) is 60.2 Å². The highest BCUT2D eigenvalue weighted by atomic mass is 32.2. The van der Waals surface area contributed by atoms with Crippen molar-refractivity contribution in [2.75, 3.05) is 20.3 Å². The van der Waals surface area contributed by atoms with Crippen LogP contribution in [-0.4, -0.2) is 76.3 Å². The van der Waals surface area contributed by atoms with Crippen LogP contribution in [0.4, 0.5) is 4.79 Å². The Morgan fingerprint density at radius 2 is 1.78 bits per heavy atom. The minimum absolute atomic E-state index is 0.000940. The van der Waals surface area contributed by atoms with Crippen molar-refractivity contribution in [1.82, 2.24) is 10.0 Å². The Kier molecular flexibility index (Phi) is 12.0. The molecule has 4 rings (SSSR count). The van der Waals surface area contributed by atoms with Crippen molar-refractivity contribution in [2.24, 2.45) is 11.3 Å². The maximum absolute atomic E-state index is 13.6. The van der Waals surface area contributed by atoms with Gasteiger partial charge in [0.05, 0.1) is 49.3 Å². The number of sulfonamides is 1. The van der Waals surface area contributed by atoms with Gasteiger partial charge in [-0.15, -0.1) is 0 Å². The Morgan fingerprint density at radius 3 is 2.44 bits per heavy atom. The predicted molar refractivity (Wildman–Crippen MR) is 167 cm³/mol. The maximum Gasteiger partial charge on any atom is 0.407 e. The van der Waals surface area contributed by atoms with Crippen molar-refractivity contribution < 1.29 is 42.1 Å². The number of ketones is 1. The first-order valence-corrected chi connectivity index (χ1v) is 17.0. The molecule has 0 aliphatic carbocycles. The lowest BCUT2D eigenvalue weighted by Gasteiger charge is -2.36. The van der Waals surface area contributed by atoms with Gasteiger partial charge in [-0.1, -0.05) is 51.1 Å². The molecule has 0 spiro atoms. The van der Waals surface area contributed by atoms with E-state index < -0.39 is 52.1 Å². The largest absolute Gasteiger partial charge is 0.497 e. The Balaban J connectivity index is 1.59. The normalized spacial score (nSPS) is 21.8. The van der Waals surface area contributed by atoms with Gasteiger partial charge in [0.25, 0.3) is 0 Å². The molecule has 1 amide bonds. The Labute approximate surface area is 266 Å². The summed E-state index contributed by atoms with van der Waals surface area (Å²) in [5.74, 6) is 0.543. The first-order chi connectivity index (χ1) is 21.4. The van der Waals surface area contributed by atoms with E-state index in [1.54, 1.807) is 19.1 Å². The van der Waals surface area contributed by atoms with Gasteiger partial charge in [-0.25, -0.2) is 17.9 Å². The molecule has 2 saturated heterocycles. The van der Waals surface area contributed by atoms with Crippen LogP contribution in [-0.2, 0) is 35.4 Å². The fourth-order valence-electron chi connectivity index (χ4n) is 5.88. The molecule has 0 bridgehead atoms. The van der Waals surface area contributed by atoms with Crippen molar-refractivity contribution in [2.45, 2.75) is 94.8 Å². The third kappa shape index (κ3) is 9.73. The average Bonchev–Trinajstić information content (AvgIpc) is 3.64. The molecule has 0 radical (unpaired) electrons. The van der Waals surface area contributed by atoms with Crippen LogP contribution in [0.2, 0.25) is 0 Å². The van der Waals surface area contributed by atoms with Gasteiger partial charge in [-0.2, -0.15) is 0 Å². The fraction of sp³-hybridized carbons (Fsp3) is 0.576. The molecule has 11 nitrogen and oxygen atoms in total. The van der Waals surface area contributed by atoms with Crippen LogP contribution in [0.25, 0.3) is 0 Å². The minimum atomic E-state index is -4.11. The number of Topliss-reactive ketones (excluding diaryl/α,β-unsaturated/α-hetero) is 1. The number of rotatable bonds is 16. The molecule has 2 aliphatic rings. The predicted octanol–water partition coefficient (Wildman–Crippen LogP) is 3.98. The molecule has 2 aliphatic heterocycles. The lowest BCUT2D eigenvalue weighted by atomic mass is 9.78. The molecule has 45 heavy (non-hydrogen) atoms. The standard InChI is InChI=1S/C33H46N2O9S/c1-5-23(36)15-17-33(2,3)20-28(35-45(39,40)25-13-11-24(41-4)12-14-25)30(37)27(19-22-9-7-6-8-10-22)34-32(38)44-29-21-43-31-26(29)16-18-42-31/h6-14,26-31,35,37H,5,15-21H2,1-4H3,(H,34,38)/t26-,27-,28?,29-,30+,31+/m0/s1. The van der Waals surface area contributed by atoms with E-state index in [0.717, 1.165) is 5.56 Å². The van der Waals surface area contributed by atoms with Crippen LogP contribution in [0.1, 0.15) is 58.4 Å². The molecule has 0 aromatic heterocycles. The van der Waals surface area contributed by atoms with E-state index in [0.29, 0.717) is 38.0 Å². The number of carbonyl (C=O) groups is 2. The topological polar surface area (TPSA) is 149 Å². The zero-order chi connectivity index (χ0) is 32.6. The average molecular weight is 647 g/mol. The summed E-state index contributed by atoms with van der Waals surface area (Å²) in [5.41, 5.74) is 0.301. The summed E-state index contributed by atoms with van der Waals surface area (Å²) in [7, 11) is -2.62. The molecule has 6 atom stereocenters. The Hall–Kier alpha value is -3.03. The molecular formula is C33H46N2O9S. The lowest BCUT2D eigenvalue weighted by molar-refractivity contribution is -0.119. The lowest BCUT2D eigenvalue weighted by Crippen LogP contribution is -2.56. The van der Waals surface area contributed by atoms with Crippen molar-refractivity contribution in [3.8, 4) is 5.75 Å². The maximum atomic E-state index is 13.6. The number of hydrogen-bond acceptors (Lipinski definition) is 9. The van der Waals surface area contributed by atoms with E-state index in [4.69, 9.17) is 18.9 Å². The van der Waals surface area contributed by atoms with Crippen molar-refractivity contribution >= 4 is 21.9 Å². The Morgan fingerprint density at radius 1 is 1.07 bits per heavy atom. The monoisotopic (exact) mass is 646 g/mol. The highest BCUT2D eigenvalue weighted by Gasteiger charge is 2.44. The number of amides is 1. The van der Waals surface area contributed by atoms with Gasteiger partial charge in [0.1, 0.15) is 17.6 Å². The molecule has 2 aromatic carbocycles. The van der Waals surface area contributed by atoms with Gasteiger partial charge in [-0.05, 0) is 60.9 Å². The van der Waals surface area contributed by atoms with E-state index in [1.165, 1.54) is 19.2 Å². The molecule has 2 heterocycles. The number of alkyl carbamates (subject to hydrolysis) is 1. The summed E-state index contributed by atoms with van der Waals surface area (Å²) in [5, 5.41) is 14.8. The molecule has 1 unspecified atom stereocenters. The van der Waals surface area contributed by atoms with Gasteiger partial charge in [-0.3, -0.25) is 4.79 Å². The van der Waals surface area contributed by atoms with Gasteiger partial charge in [0.2, 0.25) is 10.0 Å². The zero-order valence-electron chi connectivity index (χ0n) is 26.4. The van der Waals surface area contributed by atoms with E-state index in [-0.39, 0.29) is 36.0 Å². The second-order valence-electron chi connectivity index (χ2n) is 12.6. The van der Waals surface area contributed by atoms with Crippen LogP contribution < -0.4 is 14.8 Å². The van der Waals surface area contributed by atoms with Gasteiger partial charge in [0, 0.05) is 12.8 Å². The summed E-state index contributed by atoms with van der Waals surface area (Å²) in [6.45, 7) is 6.42. The van der Waals surface area contributed by atoms with E-state index in [1.807, 2.05) is 44.2 Å². The van der Waals surface area contributed by atoms with Crippen LogP contribution >= 0.6 is 0 Å². The number of carbonyl (C=O) groups excluding carboxylic acids is 2. The quantitative estimate of drug-likeness (QED) is 0.246. The molecule has 2 aromatic rings. The fourth-order valence-corrected chi connectivity index (χ4v) is 7.13. The smallest absolute Gasteiger partial charge is 0.407 e. The number of aliphatic hydroxyl groups is 1. The van der Waals surface area contributed by atoms with Gasteiger partial charge < -0.3 is 29.4 Å². The summed E-state index contributed by atoms with van der Waals surface area (Å²) < 4.78 is 52.0. The highest BCUT2D eigenvalue weighted by Crippen LogP contribution is 2.34. The van der Waals surface area contributed by atoms with Gasteiger partial charge in [0.15, 0.2) is 6.29 Å². The molecular weight excluding hydrogens is 600 g/mol. The second-order valence-corrected chi connectivity index (χ2v) is 14.3. The highest BCUT2D eigenvalue weighted by molar-refractivity contribution is 7.89. The summed E-state index contributed by atoms with van der Waals surface area (Å²) >= 11 is 0. The number of hydrogen-bond donors (Lipinski definition) is 3. The molecule has 12 heteroatoms. The van der Waals surface area contributed by atoms with E-state index in [2.05, 4.69) is 10.0 Å². The van der Waals surface area contributed by atoms with Crippen LogP contribution in [0.3, 0.4) is 0 Å². The minimum Gasteiger partial charge on any atom is -0.497 e. The zero-order valence-corrected chi connectivity index (χ0v) is 27.3. The van der Waals surface area contributed by atoms with E-state index in [9.17, 15) is 23.1 Å². The molecule has 0 saturated carbocycles. The van der Waals surface area contributed by atoms with Crippen LogP contribution in [0.5, 0.6) is 5.75 Å². The number of methoxy groups -OCH3 is 1. The number of aliphatic hydroxyl groups excluding tert-OH is 1. The third-order valence-electron chi connectivity index (χ3n) is 8.59. The summed E-state index contributed by atoms with van der Waals surface area (Å²) in [4.78, 5) is 25.4. The van der Waals surface area contributed by atoms with Crippen molar-refractivity contribution in [1.29, 1.82) is 0 Å². The first-order valence-electron chi connectivity index (χ1n) is 15.5. The van der Waals surface area contributed by atoms with Crippen LogP contribution in [0.15, 0.2) is 59.5 Å². The number of benzene rings is 2. The summed E-state index contributed by atoms with van der Waals surface area (Å²) in [6.07, 6.45) is -0.624. The Bertz CT molecular complexity index is 1370. The molecule has 248 valence electrons. The summed E-state index contributed by atoms with van der Waals surface area (Å²) in [6, 6.07) is 13.3.